The number of rotatable bonds is 4. The van der Waals surface area contributed by atoms with Crippen molar-refractivity contribution < 1.29 is 4.79 Å². The SMILES string of the molecule is O=C(NCC1(c2cccc(Cl)c2)CC1)Nc1ccccn1. The molecule has 2 amide bonds. The van der Waals surface area contributed by atoms with Crippen LogP contribution in [0.5, 0.6) is 0 Å². The molecule has 0 saturated heterocycles. The second-order valence-electron chi connectivity index (χ2n) is 5.31. The molecule has 1 aromatic heterocycles. The van der Waals surface area contributed by atoms with E-state index in [0.29, 0.717) is 12.4 Å². The Bertz CT molecular complexity index is 641. The van der Waals surface area contributed by atoms with E-state index in [2.05, 4.69) is 21.7 Å². The summed E-state index contributed by atoms with van der Waals surface area (Å²) in [7, 11) is 0. The van der Waals surface area contributed by atoms with Crippen molar-refractivity contribution in [3.05, 3.63) is 59.2 Å². The van der Waals surface area contributed by atoms with Gasteiger partial charge in [-0.2, -0.15) is 0 Å². The van der Waals surface area contributed by atoms with E-state index in [4.69, 9.17) is 11.6 Å². The van der Waals surface area contributed by atoms with E-state index < -0.39 is 0 Å². The molecule has 4 nitrogen and oxygen atoms in total. The Hall–Kier alpha value is -2.07. The number of nitrogens with zero attached hydrogens (tertiary/aromatic N) is 1. The molecule has 1 aromatic carbocycles. The topological polar surface area (TPSA) is 54.0 Å². The summed E-state index contributed by atoms with van der Waals surface area (Å²) < 4.78 is 0. The number of pyridine rings is 1. The molecule has 108 valence electrons. The normalized spacial score (nSPS) is 15.3. The molecule has 0 atom stereocenters. The van der Waals surface area contributed by atoms with Gasteiger partial charge in [-0.15, -0.1) is 0 Å². The fourth-order valence-corrected chi connectivity index (χ4v) is 2.57. The van der Waals surface area contributed by atoms with Crippen LogP contribution in [0.1, 0.15) is 18.4 Å². The first-order chi connectivity index (χ1) is 10.2. The van der Waals surface area contributed by atoms with E-state index >= 15 is 0 Å². The largest absolute Gasteiger partial charge is 0.337 e. The Morgan fingerprint density at radius 3 is 2.76 bits per heavy atom. The van der Waals surface area contributed by atoms with Gasteiger partial charge in [0.15, 0.2) is 0 Å². The lowest BCUT2D eigenvalue weighted by Crippen LogP contribution is -2.35. The fourth-order valence-electron chi connectivity index (χ4n) is 2.38. The summed E-state index contributed by atoms with van der Waals surface area (Å²) in [5, 5.41) is 6.37. The lowest BCUT2D eigenvalue weighted by Gasteiger charge is -2.17. The standard InChI is InChI=1S/C16H16ClN3O/c17-13-5-3-4-12(10-13)16(7-8-16)11-19-15(21)20-14-6-1-2-9-18-14/h1-6,9-10H,7-8,11H2,(H2,18,19,20,21). The number of hydrogen-bond donors (Lipinski definition) is 2. The Kier molecular flexibility index (Phi) is 3.80. The van der Waals surface area contributed by atoms with Crippen molar-refractivity contribution in [1.29, 1.82) is 0 Å². The van der Waals surface area contributed by atoms with Crippen LogP contribution in [0.4, 0.5) is 10.6 Å². The number of aromatic nitrogens is 1. The van der Waals surface area contributed by atoms with Gasteiger partial charge >= 0.3 is 6.03 Å². The average molecular weight is 302 g/mol. The number of urea groups is 1. The molecule has 0 unspecified atom stereocenters. The summed E-state index contributed by atoms with van der Waals surface area (Å²) in [5.74, 6) is 0.544. The molecule has 21 heavy (non-hydrogen) atoms. The summed E-state index contributed by atoms with van der Waals surface area (Å²) in [4.78, 5) is 16.0. The highest BCUT2D eigenvalue weighted by Crippen LogP contribution is 2.48. The van der Waals surface area contributed by atoms with E-state index in [1.54, 1.807) is 18.3 Å². The van der Waals surface area contributed by atoms with Crippen molar-refractivity contribution >= 4 is 23.4 Å². The summed E-state index contributed by atoms with van der Waals surface area (Å²) >= 11 is 6.04. The summed E-state index contributed by atoms with van der Waals surface area (Å²) in [6, 6.07) is 13.0. The van der Waals surface area contributed by atoms with Gasteiger partial charge < -0.3 is 5.32 Å². The third-order valence-electron chi connectivity index (χ3n) is 3.78. The van der Waals surface area contributed by atoms with Crippen LogP contribution >= 0.6 is 11.6 Å². The van der Waals surface area contributed by atoms with Crippen LogP contribution in [0.3, 0.4) is 0 Å². The van der Waals surface area contributed by atoms with Gasteiger partial charge in [0, 0.05) is 23.2 Å². The first kappa shape index (κ1) is 13.9. The molecule has 1 aliphatic carbocycles. The van der Waals surface area contributed by atoms with Gasteiger partial charge in [0.1, 0.15) is 5.82 Å². The van der Waals surface area contributed by atoms with E-state index in [-0.39, 0.29) is 11.4 Å². The first-order valence-corrected chi connectivity index (χ1v) is 7.28. The predicted molar refractivity (Wildman–Crippen MR) is 83.6 cm³/mol. The highest BCUT2D eigenvalue weighted by atomic mass is 35.5. The molecule has 2 aromatic rings. The number of carbonyl (C=O) groups is 1. The average Bonchev–Trinajstić information content (AvgIpc) is 3.28. The fraction of sp³-hybridized carbons (Fsp3) is 0.250. The van der Waals surface area contributed by atoms with Crippen LogP contribution in [-0.2, 0) is 5.41 Å². The molecular formula is C16H16ClN3O. The minimum absolute atomic E-state index is 0.0341. The number of halogens is 1. The monoisotopic (exact) mass is 301 g/mol. The van der Waals surface area contributed by atoms with Crippen LogP contribution in [-0.4, -0.2) is 17.6 Å². The number of amides is 2. The zero-order valence-corrected chi connectivity index (χ0v) is 12.2. The lowest BCUT2D eigenvalue weighted by molar-refractivity contribution is 0.251. The summed E-state index contributed by atoms with van der Waals surface area (Å²) in [6.07, 6.45) is 3.78. The highest BCUT2D eigenvalue weighted by molar-refractivity contribution is 6.30. The van der Waals surface area contributed by atoms with Crippen LogP contribution in [0, 0.1) is 0 Å². The van der Waals surface area contributed by atoms with Crippen molar-refractivity contribution in [3.63, 3.8) is 0 Å². The molecule has 0 spiro atoms. The molecule has 1 saturated carbocycles. The zero-order valence-electron chi connectivity index (χ0n) is 11.5. The number of carbonyl (C=O) groups excluding carboxylic acids is 1. The maximum Gasteiger partial charge on any atom is 0.320 e. The zero-order chi connectivity index (χ0) is 14.7. The van der Waals surface area contributed by atoms with Gasteiger partial charge in [0.2, 0.25) is 0 Å². The summed E-state index contributed by atoms with van der Waals surface area (Å²) in [5.41, 5.74) is 1.22. The van der Waals surface area contributed by atoms with Crippen LogP contribution < -0.4 is 10.6 Å². The maximum atomic E-state index is 11.9. The molecule has 0 aliphatic heterocycles. The van der Waals surface area contributed by atoms with Crippen molar-refractivity contribution in [2.24, 2.45) is 0 Å². The second-order valence-corrected chi connectivity index (χ2v) is 5.75. The third kappa shape index (κ3) is 3.34. The Labute approximate surface area is 128 Å². The van der Waals surface area contributed by atoms with E-state index in [1.165, 1.54) is 5.56 Å². The lowest BCUT2D eigenvalue weighted by atomic mass is 9.96. The Balaban J connectivity index is 1.59. The molecule has 0 radical (unpaired) electrons. The van der Waals surface area contributed by atoms with Crippen molar-refractivity contribution in [3.8, 4) is 0 Å². The van der Waals surface area contributed by atoms with Crippen molar-refractivity contribution in [2.45, 2.75) is 18.3 Å². The van der Waals surface area contributed by atoms with Crippen LogP contribution in [0.25, 0.3) is 0 Å². The smallest absolute Gasteiger partial charge is 0.320 e. The van der Waals surface area contributed by atoms with E-state index in [9.17, 15) is 4.79 Å². The first-order valence-electron chi connectivity index (χ1n) is 6.90. The number of nitrogens with one attached hydrogen (secondary N) is 2. The third-order valence-corrected chi connectivity index (χ3v) is 4.02. The van der Waals surface area contributed by atoms with Crippen molar-refractivity contribution in [1.82, 2.24) is 10.3 Å². The number of benzene rings is 1. The van der Waals surface area contributed by atoms with Gasteiger partial charge in [0.25, 0.3) is 0 Å². The molecule has 5 heteroatoms. The molecule has 0 bridgehead atoms. The second kappa shape index (κ2) is 5.74. The maximum absolute atomic E-state index is 11.9. The minimum atomic E-state index is -0.234. The van der Waals surface area contributed by atoms with Crippen LogP contribution in [0.2, 0.25) is 5.02 Å². The molecular weight excluding hydrogens is 286 g/mol. The van der Waals surface area contributed by atoms with Crippen LogP contribution in [0.15, 0.2) is 48.7 Å². The summed E-state index contributed by atoms with van der Waals surface area (Å²) in [6.45, 7) is 0.603. The van der Waals surface area contributed by atoms with E-state index in [1.807, 2.05) is 24.3 Å². The highest BCUT2D eigenvalue weighted by Gasteiger charge is 2.44. The predicted octanol–water partition coefficient (Wildman–Crippen LogP) is 3.59. The van der Waals surface area contributed by atoms with Gasteiger partial charge in [-0.25, -0.2) is 9.78 Å². The molecule has 1 aliphatic rings. The number of anilines is 1. The molecule has 3 rings (SSSR count). The quantitative estimate of drug-likeness (QED) is 0.907. The van der Waals surface area contributed by atoms with Gasteiger partial charge in [-0.05, 0) is 42.7 Å². The Morgan fingerprint density at radius 2 is 2.10 bits per heavy atom. The minimum Gasteiger partial charge on any atom is -0.337 e. The molecule has 1 heterocycles. The van der Waals surface area contributed by atoms with Gasteiger partial charge in [-0.1, -0.05) is 29.8 Å². The Morgan fingerprint density at radius 1 is 1.24 bits per heavy atom. The molecule has 1 fully saturated rings. The van der Waals surface area contributed by atoms with Gasteiger partial charge in [-0.3, -0.25) is 5.32 Å². The van der Waals surface area contributed by atoms with Gasteiger partial charge in [0.05, 0.1) is 0 Å². The molecule has 2 N–H and O–H groups in total. The number of hydrogen-bond acceptors (Lipinski definition) is 2. The van der Waals surface area contributed by atoms with E-state index in [0.717, 1.165) is 17.9 Å². The van der Waals surface area contributed by atoms with Crippen molar-refractivity contribution in [2.75, 3.05) is 11.9 Å².